The van der Waals surface area contributed by atoms with Gasteiger partial charge in [0.05, 0.1) is 12.2 Å². The molecule has 0 spiro atoms. The number of amides is 1. The van der Waals surface area contributed by atoms with E-state index in [4.69, 9.17) is 4.74 Å². The van der Waals surface area contributed by atoms with Crippen LogP contribution in [0.15, 0.2) is 30.3 Å². The summed E-state index contributed by atoms with van der Waals surface area (Å²) in [7, 11) is 0. The van der Waals surface area contributed by atoms with E-state index in [0.717, 1.165) is 25.1 Å². The maximum Gasteiger partial charge on any atom is 0.244 e. The van der Waals surface area contributed by atoms with Crippen LogP contribution in [-0.4, -0.2) is 56.3 Å². The molecule has 25 heavy (non-hydrogen) atoms. The van der Waals surface area contributed by atoms with E-state index in [1.165, 1.54) is 5.56 Å². The van der Waals surface area contributed by atoms with Crippen molar-refractivity contribution in [2.24, 2.45) is 0 Å². The van der Waals surface area contributed by atoms with Crippen LogP contribution < -0.4 is 0 Å². The summed E-state index contributed by atoms with van der Waals surface area (Å²) >= 11 is 0. The van der Waals surface area contributed by atoms with Gasteiger partial charge in [-0.1, -0.05) is 30.3 Å². The molecule has 1 aromatic heterocycles. The first-order valence-electron chi connectivity index (χ1n) is 8.84. The monoisotopic (exact) mass is 343 g/mol. The fourth-order valence-electron chi connectivity index (χ4n) is 3.23. The molecule has 7 heteroatoms. The third kappa shape index (κ3) is 4.85. The molecule has 134 valence electrons. The summed E-state index contributed by atoms with van der Waals surface area (Å²) in [5.41, 5.74) is 1.30. The Morgan fingerprint density at radius 1 is 1.16 bits per heavy atom. The van der Waals surface area contributed by atoms with Crippen LogP contribution in [0.1, 0.15) is 31.7 Å². The lowest BCUT2D eigenvalue weighted by Gasteiger charge is -2.35. The van der Waals surface area contributed by atoms with Gasteiger partial charge < -0.3 is 9.64 Å². The summed E-state index contributed by atoms with van der Waals surface area (Å²) in [5.74, 6) is 0.803. The topological polar surface area (TPSA) is 73.1 Å². The Labute approximate surface area is 148 Å². The number of hydrogen-bond donors (Lipinski definition) is 0. The zero-order valence-electron chi connectivity index (χ0n) is 14.8. The normalized spacial score (nSPS) is 20.6. The Kier molecular flexibility index (Phi) is 5.75. The van der Waals surface area contributed by atoms with Crippen molar-refractivity contribution < 1.29 is 9.53 Å². The average molecular weight is 343 g/mol. The molecule has 1 amide bonds. The van der Waals surface area contributed by atoms with Crippen LogP contribution >= 0.6 is 0 Å². The smallest absolute Gasteiger partial charge is 0.244 e. The highest BCUT2D eigenvalue weighted by molar-refractivity contribution is 5.76. The number of rotatable bonds is 6. The molecule has 3 rings (SSSR count). The summed E-state index contributed by atoms with van der Waals surface area (Å²) < 4.78 is 7.30. The number of aryl methyl sites for hydroxylation is 2. The van der Waals surface area contributed by atoms with Gasteiger partial charge in [-0.15, -0.1) is 5.10 Å². The summed E-state index contributed by atoms with van der Waals surface area (Å²) in [6, 6.07) is 10.3. The standard InChI is InChI=1S/C18H25N5O2/c1-14-11-22(12-15(2)25-14)18(24)13-23-17(19-20-21-23)10-6-9-16-7-4-3-5-8-16/h3-5,7-8,14-15H,6,9-13H2,1-2H3/t14-,15-/m1/s1. The van der Waals surface area contributed by atoms with Crippen molar-refractivity contribution in [1.82, 2.24) is 25.1 Å². The average Bonchev–Trinajstić information content (AvgIpc) is 3.02. The predicted octanol–water partition coefficient (Wildman–Crippen LogP) is 1.48. The van der Waals surface area contributed by atoms with E-state index in [9.17, 15) is 4.79 Å². The quantitative estimate of drug-likeness (QED) is 0.794. The zero-order valence-corrected chi connectivity index (χ0v) is 14.8. The molecule has 0 unspecified atom stereocenters. The van der Waals surface area contributed by atoms with E-state index in [2.05, 4.69) is 27.7 Å². The van der Waals surface area contributed by atoms with Crippen LogP contribution in [0.5, 0.6) is 0 Å². The Bertz CT molecular complexity index is 678. The van der Waals surface area contributed by atoms with Gasteiger partial charge in [0, 0.05) is 19.5 Å². The van der Waals surface area contributed by atoms with Gasteiger partial charge >= 0.3 is 0 Å². The molecule has 1 aromatic carbocycles. The van der Waals surface area contributed by atoms with Gasteiger partial charge in [0.2, 0.25) is 5.91 Å². The number of ether oxygens (including phenoxy) is 1. The number of tetrazole rings is 1. The van der Waals surface area contributed by atoms with E-state index in [0.29, 0.717) is 13.1 Å². The van der Waals surface area contributed by atoms with Crippen molar-refractivity contribution in [3.05, 3.63) is 41.7 Å². The summed E-state index contributed by atoms with van der Waals surface area (Å²) in [5, 5.41) is 11.8. The number of carbonyl (C=O) groups is 1. The minimum absolute atomic E-state index is 0.0404. The van der Waals surface area contributed by atoms with Crippen LogP contribution in [0.25, 0.3) is 0 Å². The van der Waals surface area contributed by atoms with Crippen LogP contribution in [0.4, 0.5) is 0 Å². The molecular weight excluding hydrogens is 318 g/mol. The number of benzene rings is 1. The largest absolute Gasteiger partial charge is 0.372 e. The van der Waals surface area contributed by atoms with E-state index in [-0.39, 0.29) is 24.7 Å². The highest BCUT2D eigenvalue weighted by Crippen LogP contribution is 2.12. The Morgan fingerprint density at radius 2 is 1.88 bits per heavy atom. The van der Waals surface area contributed by atoms with Gasteiger partial charge in [-0.05, 0) is 42.7 Å². The fraction of sp³-hybridized carbons (Fsp3) is 0.556. The first-order valence-corrected chi connectivity index (χ1v) is 8.84. The maximum absolute atomic E-state index is 12.6. The minimum Gasteiger partial charge on any atom is -0.372 e. The van der Waals surface area contributed by atoms with Crippen LogP contribution in [-0.2, 0) is 28.9 Å². The first kappa shape index (κ1) is 17.5. The molecule has 2 aromatic rings. The molecule has 2 heterocycles. The molecule has 0 saturated carbocycles. The van der Waals surface area contributed by atoms with Crippen molar-refractivity contribution in [2.45, 2.75) is 51.9 Å². The van der Waals surface area contributed by atoms with Gasteiger partial charge in [-0.2, -0.15) is 0 Å². The lowest BCUT2D eigenvalue weighted by atomic mass is 10.1. The zero-order chi connectivity index (χ0) is 17.6. The summed E-state index contributed by atoms with van der Waals surface area (Å²) in [6.45, 7) is 5.40. The van der Waals surface area contributed by atoms with Crippen LogP contribution in [0.2, 0.25) is 0 Å². The van der Waals surface area contributed by atoms with E-state index in [1.54, 1.807) is 4.68 Å². The second-order valence-electron chi connectivity index (χ2n) is 6.65. The van der Waals surface area contributed by atoms with Gasteiger partial charge in [0.1, 0.15) is 6.54 Å². The van der Waals surface area contributed by atoms with Gasteiger partial charge in [-0.25, -0.2) is 4.68 Å². The lowest BCUT2D eigenvalue weighted by molar-refractivity contribution is -0.144. The van der Waals surface area contributed by atoms with Crippen molar-refractivity contribution in [2.75, 3.05) is 13.1 Å². The third-order valence-corrected chi connectivity index (χ3v) is 4.37. The van der Waals surface area contributed by atoms with Gasteiger partial charge in [-0.3, -0.25) is 4.79 Å². The number of morpholine rings is 1. The fourth-order valence-corrected chi connectivity index (χ4v) is 3.23. The lowest BCUT2D eigenvalue weighted by Crippen LogP contribution is -2.49. The minimum atomic E-state index is 0.0404. The molecule has 0 aliphatic carbocycles. The maximum atomic E-state index is 12.6. The molecule has 1 saturated heterocycles. The van der Waals surface area contributed by atoms with E-state index in [1.807, 2.05) is 36.9 Å². The van der Waals surface area contributed by atoms with Crippen molar-refractivity contribution >= 4 is 5.91 Å². The molecule has 2 atom stereocenters. The molecule has 1 aliphatic heterocycles. The molecule has 7 nitrogen and oxygen atoms in total. The van der Waals surface area contributed by atoms with Crippen LogP contribution in [0.3, 0.4) is 0 Å². The van der Waals surface area contributed by atoms with Crippen molar-refractivity contribution in [1.29, 1.82) is 0 Å². The summed E-state index contributed by atoms with van der Waals surface area (Å²) in [4.78, 5) is 14.4. The molecule has 0 radical (unpaired) electrons. The predicted molar refractivity (Wildman–Crippen MR) is 92.9 cm³/mol. The molecule has 0 N–H and O–H groups in total. The highest BCUT2D eigenvalue weighted by atomic mass is 16.5. The number of nitrogens with zero attached hydrogens (tertiary/aromatic N) is 5. The first-order chi connectivity index (χ1) is 12.1. The SMILES string of the molecule is C[C@@H]1CN(C(=O)Cn2nnnc2CCCc2ccccc2)C[C@@H](C)O1. The highest BCUT2D eigenvalue weighted by Gasteiger charge is 2.26. The number of carbonyl (C=O) groups excluding carboxylic acids is 1. The molecular formula is C18H25N5O2. The van der Waals surface area contributed by atoms with E-state index < -0.39 is 0 Å². The Morgan fingerprint density at radius 3 is 2.60 bits per heavy atom. The molecule has 1 aliphatic rings. The number of aromatic nitrogens is 4. The van der Waals surface area contributed by atoms with Crippen LogP contribution in [0, 0.1) is 0 Å². The second-order valence-corrected chi connectivity index (χ2v) is 6.65. The van der Waals surface area contributed by atoms with Gasteiger partial charge in [0.25, 0.3) is 0 Å². The summed E-state index contributed by atoms with van der Waals surface area (Å²) in [6.07, 6.45) is 2.80. The van der Waals surface area contributed by atoms with Crippen molar-refractivity contribution in [3.8, 4) is 0 Å². The van der Waals surface area contributed by atoms with Crippen molar-refractivity contribution in [3.63, 3.8) is 0 Å². The number of hydrogen-bond acceptors (Lipinski definition) is 5. The third-order valence-electron chi connectivity index (χ3n) is 4.37. The Balaban J connectivity index is 1.53. The molecule has 0 bridgehead atoms. The second kappa shape index (κ2) is 8.20. The Hall–Kier alpha value is -2.28. The van der Waals surface area contributed by atoms with E-state index >= 15 is 0 Å². The molecule has 1 fully saturated rings. The van der Waals surface area contributed by atoms with Gasteiger partial charge in [0.15, 0.2) is 5.82 Å².